The maximum absolute atomic E-state index is 5.84. The number of hydrogen-bond donors (Lipinski definition) is 1. The quantitative estimate of drug-likeness (QED) is 0.822. The van der Waals surface area contributed by atoms with Gasteiger partial charge in [0, 0.05) is 18.3 Å². The van der Waals surface area contributed by atoms with Crippen LogP contribution in [0.4, 0.5) is 0 Å². The summed E-state index contributed by atoms with van der Waals surface area (Å²) >= 11 is 5.84. The molecule has 4 nitrogen and oxygen atoms in total. The first-order valence-electron chi connectivity index (χ1n) is 5.54. The predicted molar refractivity (Wildman–Crippen MR) is 62.8 cm³/mol. The van der Waals surface area contributed by atoms with E-state index in [2.05, 4.69) is 21.5 Å². The number of piperidine rings is 1. The summed E-state index contributed by atoms with van der Waals surface area (Å²) in [6, 6.07) is 0. The highest BCUT2D eigenvalue weighted by atomic mass is 35.5. The fourth-order valence-corrected chi connectivity index (χ4v) is 2.36. The Hall–Kier alpha value is -1.13. The minimum atomic E-state index is 0.502. The van der Waals surface area contributed by atoms with Gasteiger partial charge in [0.25, 0.3) is 0 Å². The van der Waals surface area contributed by atoms with Crippen LogP contribution in [-0.2, 0) is 0 Å². The molecule has 0 aliphatic carbocycles. The van der Waals surface area contributed by atoms with E-state index in [-0.39, 0.29) is 0 Å². The van der Waals surface area contributed by atoms with E-state index in [1.165, 1.54) is 0 Å². The third-order valence-corrected chi connectivity index (χ3v) is 3.28. The van der Waals surface area contributed by atoms with Crippen LogP contribution < -0.4 is 5.32 Å². The zero-order valence-corrected chi connectivity index (χ0v) is 9.61. The molecule has 3 heterocycles. The maximum Gasteiger partial charge on any atom is 0.155 e. The van der Waals surface area contributed by atoms with Gasteiger partial charge in [0.15, 0.2) is 5.65 Å². The van der Waals surface area contributed by atoms with Crippen LogP contribution in [-0.4, -0.2) is 27.5 Å². The average Bonchev–Trinajstić information content (AvgIpc) is 2.73. The lowest BCUT2D eigenvalue weighted by Crippen LogP contribution is -2.26. The molecule has 1 aliphatic heterocycles. The molecule has 0 aromatic carbocycles. The van der Waals surface area contributed by atoms with E-state index in [1.54, 1.807) is 12.4 Å². The van der Waals surface area contributed by atoms with Crippen molar-refractivity contribution in [2.24, 2.45) is 0 Å². The highest BCUT2D eigenvalue weighted by Gasteiger charge is 2.17. The molecule has 1 fully saturated rings. The molecule has 0 radical (unpaired) electrons. The Bertz CT molecular complexity index is 502. The van der Waals surface area contributed by atoms with Gasteiger partial charge in [0.05, 0.1) is 11.9 Å². The van der Waals surface area contributed by atoms with E-state index < -0.39 is 0 Å². The largest absolute Gasteiger partial charge is 0.317 e. The second-order valence-electron chi connectivity index (χ2n) is 4.17. The smallest absolute Gasteiger partial charge is 0.155 e. The summed E-state index contributed by atoms with van der Waals surface area (Å²) in [7, 11) is 0. The summed E-state index contributed by atoms with van der Waals surface area (Å²) in [4.78, 5) is 8.63. The van der Waals surface area contributed by atoms with Crippen LogP contribution in [0.2, 0.25) is 5.15 Å². The van der Waals surface area contributed by atoms with Gasteiger partial charge in [-0.25, -0.2) is 9.97 Å². The lowest BCUT2D eigenvalue weighted by Gasteiger charge is -2.20. The van der Waals surface area contributed by atoms with E-state index in [1.807, 2.05) is 4.40 Å². The molecule has 0 bridgehead atoms. The SMILES string of the molecule is Clc1cn2cc(C3CCNCC3)nc2cn1. The summed E-state index contributed by atoms with van der Waals surface area (Å²) in [5.41, 5.74) is 2.03. The van der Waals surface area contributed by atoms with Gasteiger partial charge in [-0.15, -0.1) is 0 Å². The maximum atomic E-state index is 5.84. The van der Waals surface area contributed by atoms with Gasteiger partial charge in [-0.05, 0) is 25.9 Å². The van der Waals surface area contributed by atoms with Crippen molar-refractivity contribution in [3.05, 3.63) is 29.4 Å². The Labute approximate surface area is 98.7 Å². The first-order chi connectivity index (χ1) is 7.83. The van der Waals surface area contributed by atoms with Crippen LogP contribution in [0, 0.1) is 0 Å². The minimum absolute atomic E-state index is 0.502. The van der Waals surface area contributed by atoms with Crippen LogP contribution >= 0.6 is 11.6 Å². The van der Waals surface area contributed by atoms with Crippen molar-refractivity contribution in [1.82, 2.24) is 19.7 Å². The second-order valence-corrected chi connectivity index (χ2v) is 4.55. The number of nitrogens with one attached hydrogen (secondary N) is 1. The summed E-state index contributed by atoms with van der Waals surface area (Å²) < 4.78 is 1.95. The molecule has 0 saturated carbocycles. The zero-order valence-electron chi connectivity index (χ0n) is 8.86. The lowest BCUT2D eigenvalue weighted by molar-refractivity contribution is 0.454. The van der Waals surface area contributed by atoms with Crippen molar-refractivity contribution in [2.45, 2.75) is 18.8 Å². The summed E-state index contributed by atoms with van der Waals surface area (Å²) in [5, 5.41) is 3.86. The fraction of sp³-hybridized carbons (Fsp3) is 0.455. The monoisotopic (exact) mass is 236 g/mol. The zero-order chi connectivity index (χ0) is 11.0. The van der Waals surface area contributed by atoms with E-state index in [0.29, 0.717) is 11.1 Å². The molecule has 0 spiro atoms. The Morgan fingerprint density at radius 3 is 2.94 bits per heavy atom. The van der Waals surface area contributed by atoms with Gasteiger partial charge in [-0.3, -0.25) is 0 Å². The first-order valence-corrected chi connectivity index (χ1v) is 5.91. The van der Waals surface area contributed by atoms with Crippen molar-refractivity contribution in [3.8, 4) is 0 Å². The number of halogens is 1. The van der Waals surface area contributed by atoms with Crippen molar-refractivity contribution < 1.29 is 0 Å². The van der Waals surface area contributed by atoms with Gasteiger partial charge in [-0.2, -0.15) is 0 Å². The van der Waals surface area contributed by atoms with Crippen LogP contribution in [0.5, 0.6) is 0 Å². The standard InChI is InChI=1S/C11H13ClN4/c12-10-7-16-6-9(15-11(16)5-14-10)8-1-3-13-4-2-8/h5-8,13H,1-4H2. The third kappa shape index (κ3) is 1.79. The van der Waals surface area contributed by atoms with Crippen LogP contribution in [0.1, 0.15) is 24.5 Å². The van der Waals surface area contributed by atoms with E-state index in [4.69, 9.17) is 11.6 Å². The summed E-state index contributed by atoms with van der Waals surface area (Å²) in [6.07, 6.45) is 7.90. The van der Waals surface area contributed by atoms with Crippen LogP contribution in [0.3, 0.4) is 0 Å². The molecule has 2 aromatic heterocycles. The Morgan fingerprint density at radius 2 is 2.12 bits per heavy atom. The normalized spacial score (nSPS) is 18.1. The topological polar surface area (TPSA) is 42.2 Å². The highest BCUT2D eigenvalue weighted by Crippen LogP contribution is 2.24. The molecule has 1 aliphatic rings. The molecule has 3 rings (SSSR count). The molecule has 84 valence electrons. The molecule has 5 heteroatoms. The number of fused-ring (bicyclic) bond motifs is 1. The van der Waals surface area contributed by atoms with Gasteiger partial charge in [-0.1, -0.05) is 11.6 Å². The number of aromatic nitrogens is 3. The molecule has 1 saturated heterocycles. The van der Waals surface area contributed by atoms with Crippen molar-refractivity contribution >= 4 is 17.2 Å². The van der Waals surface area contributed by atoms with Gasteiger partial charge < -0.3 is 9.72 Å². The van der Waals surface area contributed by atoms with E-state index in [9.17, 15) is 0 Å². The van der Waals surface area contributed by atoms with E-state index in [0.717, 1.165) is 37.3 Å². The molecule has 0 amide bonds. The van der Waals surface area contributed by atoms with Crippen molar-refractivity contribution in [2.75, 3.05) is 13.1 Å². The molecular formula is C11H13ClN4. The average molecular weight is 237 g/mol. The first kappa shape index (κ1) is 10.1. The molecule has 0 atom stereocenters. The number of hydrogen-bond acceptors (Lipinski definition) is 3. The third-order valence-electron chi connectivity index (χ3n) is 3.09. The molecule has 1 N–H and O–H groups in total. The second kappa shape index (κ2) is 4.03. The number of rotatable bonds is 1. The Balaban J connectivity index is 1.97. The molecule has 16 heavy (non-hydrogen) atoms. The van der Waals surface area contributed by atoms with Gasteiger partial charge in [0.2, 0.25) is 0 Å². The Kier molecular flexibility index (Phi) is 2.53. The van der Waals surface area contributed by atoms with Crippen LogP contribution in [0.25, 0.3) is 5.65 Å². The highest BCUT2D eigenvalue weighted by molar-refractivity contribution is 6.29. The summed E-state index contributed by atoms with van der Waals surface area (Å²) in [6.45, 7) is 2.16. The van der Waals surface area contributed by atoms with Crippen molar-refractivity contribution in [1.29, 1.82) is 0 Å². The molecule has 2 aromatic rings. The lowest BCUT2D eigenvalue weighted by atomic mass is 9.95. The Morgan fingerprint density at radius 1 is 1.31 bits per heavy atom. The van der Waals surface area contributed by atoms with Gasteiger partial charge >= 0.3 is 0 Å². The molecular weight excluding hydrogens is 224 g/mol. The number of nitrogens with zero attached hydrogens (tertiary/aromatic N) is 3. The summed E-state index contributed by atoms with van der Waals surface area (Å²) in [5.74, 6) is 0.569. The molecule has 0 unspecified atom stereocenters. The van der Waals surface area contributed by atoms with Crippen LogP contribution in [0.15, 0.2) is 18.6 Å². The number of imidazole rings is 1. The van der Waals surface area contributed by atoms with Crippen molar-refractivity contribution in [3.63, 3.8) is 0 Å². The fourth-order valence-electron chi connectivity index (χ4n) is 2.21. The predicted octanol–water partition coefficient (Wildman–Crippen LogP) is 1.85. The van der Waals surface area contributed by atoms with Gasteiger partial charge in [0.1, 0.15) is 5.15 Å². The van der Waals surface area contributed by atoms with E-state index >= 15 is 0 Å². The minimum Gasteiger partial charge on any atom is -0.317 e.